The van der Waals surface area contributed by atoms with E-state index in [0.29, 0.717) is 12.0 Å². The molecule has 0 aromatic rings. The van der Waals surface area contributed by atoms with E-state index in [0.717, 1.165) is 13.1 Å². The van der Waals surface area contributed by atoms with Gasteiger partial charge in [-0.2, -0.15) is 0 Å². The topological polar surface area (TPSA) is 46.3 Å². The Balaban J connectivity index is 0.00000162. The minimum atomic E-state index is -0.389. The molecule has 2 rings (SSSR count). The van der Waals surface area contributed by atoms with E-state index >= 15 is 0 Å². The first-order chi connectivity index (χ1) is 7.99. The molecule has 4 heteroatoms. The van der Waals surface area contributed by atoms with E-state index < -0.39 is 0 Å². The molecule has 0 aromatic heterocycles. The number of nitrogens with two attached hydrogens (primary N) is 1. The molecule has 0 aromatic carbocycles. The van der Waals surface area contributed by atoms with Crippen LogP contribution in [0.1, 0.15) is 52.4 Å². The third-order valence-corrected chi connectivity index (χ3v) is 4.73. The van der Waals surface area contributed by atoms with Gasteiger partial charge in [-0.1, -0.05) is 19.3 Å². The number of amides is 1. The maximum atomic E-state index is 12.4. The van der Waals surface area contributed by atoms with Crippen molar-refractivity contribution in [3.05, 3.63) is 0 Å². The molecule has 1 amide bonds. The van der Waals surface area contributed by atoms with Crippen LogP contribution in [-0.2, 0) is 4.79 Å². The molecule has 0 bridgehead atoms. The lowest BCUT2D eigenvalue weighted by molar-refractivity contribution is -0.139. The predicted octanol–water partition coefficient (Wildman–Crippen LogP) is 2.58. The first kappa shape index (κ1) is 15.8. The molecule has 0 unspecified atom stereocenters. The van der Waals surface area contributed by atoms with Crippen LogP contribution in [0.5, 0.6) is 0 Å². The van der Waals surface area contributed by atoms with Gasteiger partial charge >= 0.3 is 0 Å². The number of rotatable bonds is 2. The highest BCUT2D eigenvalue weighted by molar-refractivity contribution is 5.85. The fraction of sp³-hybridized carbons (Fsp3) is 0.929. The van der Waals surface area contributed by atoms with Crippen molar-refractivity contribution in [1.29, 1.82) is 0 Å². The summed E-state index contributed by atoms with van der Waals surface area (Å²) in [5.74, 6) is 0.252. The van der Waals surface area contributed by atoms with Crippen molar-refractivity contribution in [1.82, 2.24) is 4.90 Å². The van der Waals surface area contributed by atoms with Gasteiger partial charge in [0.25, 0.3) is 0 Å². The fourth-order valence-corrected chi connectivity index (χ4v) is 3.33. The van der Waals surface area contributed by atoms with Crippen molar-refractivity contribution in [2.45, 2.75) is 52.4 Å². The van der Waals surface area contributed by atoms with Gasteiger partial charge in [0.1, 0.15) is 0 Å². The first-order valence-electron chi connectivity index (χ1n) is 6.99. The van der Waals surface area contributed by atoms with Crippen molar-refractivity contribution in [2.24, 2.45) is 16.6 Å². The molecule has 1 aliphatic heterocycles. The lowest BCUT2D eigenvalue weighted by Crippen LogP contribution is -2.44. The van der Waals surface area contributed by atoms with E-state index in [1.165, 1.54) is 38.5 Å². The average Bonchev–Trinajstić information content (AvgIpc) is 2.73. The third kappa shape index (κ3) is 3.00. The quantitative estimate of drug-likeness (QED) is 0.841. The maximum absolute atomic E-state index is 12.4. The second kappa shape index (κ2) is 5.79. The molecule has 1 heterocycles. The number of nitrogens with zero attached hydrogens (tertiary/aromatic N) is 1. The summed E-state index contributed by atoms with van der Waals surface area (Å²) in [6.07, 6.45) is 7.92. The molecule has 2 fully saturated rings. The minimum absolute atomic E-state index is 0. The number of likely N-dealkylation sites (tertiary alicyclic amines) is 1. The number of carbonyl (C=O) groups excluding carboxylic acids is 1. The Hall–Kier alpha value is -0.280. The molecule has 2 aliphatic rings. The van der Waals surface area contributed by atoms with Gasteiger partial charge in [0.15, 0.2) is 0 Å². The van der Waals surface area contributed by atoms with E-state index in [2.05, 4.69) is 4.90 Å². The van der Waals surface area contributed by atoms with E-state index in [4.69, 9.17) is 5.73 Å². The van der Waals surface area contributed by atoms with E-state index in [1.54, 1.807) is 0 Å². The normalized spacial score (nSPS) is 22.9. The monoisotopic (exact) mass is 274 g/mol. The third-order valence-electron chi connectivity index (χ3n) is 4.73. The smallest absolute Gasteiger partial charge is 0.229 e. The molecule has 1 aliphatic carbocycles. The molecule has 0 atom stereocenters. The van der Waals surface area contributed by atoms with Gasteiger partial charge in [-0.05, 0) is 38.5 Å². The van der Waals surface area contributed by atoms with Crippen LogP contribution in [0.2, 0.25) is 0 Å². The zero-order chi connectivity index (χ0) is 12.5. The highest BCUT2D eigenvalue weighted by atomic mass is 35.5. The van der Waals surface area contributed by atoms with Crippen LogP contribution in [-0.4, -0.2) is 30.4 Å². The van der Waals surface area contributed by atoms with Gasteiger partial charge in [0.2, 0.25) is 5.91 Å². The largest absolute Gasteiger partial charge is 0.342 e. The SMILES string of the molecule is CC(C)(CN)C(=O)N1CCC2(CCCCC2)C1.Cl. The molecule has 1 spiro atoms. The van der Waals surface area contributed by atoms with E-state index in [1.807, 2.05) is 13.8 Å². The number of halogens is 1. The van der Waals surface area contributed by atoms with Crippen LogP contribution < -0.4 is 5.73 Å². The Labute approximate surface area is 117 Å². The van der Waals surface area contributed by atoms with Crippen LogP contribution in [0.3, 0.4) is 0 Å². The molecular weight excluding hydrogens is 248 g/mol. The fourth-order valence-electron chi connectivity index (χ4n) is 3.33. The van der Waals surface area contributed by atoms with Gasteiger partial charge in [-0.15, -0.1) is 12.4 Å². The summed E-state index contributed by atoms with van der Waals surface area (Å²) in [4.78, 5) is 14.4. The molecule has 3 nitrogen and oxygen atoms in total. The Morgan fingerprint density at radius 2 is 1.83 bits per heavy atom. The lowest BCUT2D eigenvalue weighted by atomic mass is 9.73. The summed E-state index contributed by atoms with van der Waals surface area (Å²) >= 11 is 0. The van der Waals surface area contributed by atoms with Crippen LogP contribution >= 0.6 is 12.4 Å². The standard InChI is InChI=1S/C14H26N2O.ClH/c1-13(2,10-15)12(17)16-9-8-14(11-16)6-4-3-5-7-14;/h3-11,15H2,1-2H3;1H. The average molecular weight is 275 g/mol. The highest BCUT2D eigenvalue weighted by Crippen LogP contribution is 2.44. The number of hydrogen-bond donors (Lipinski definition) is 1. The Kier molecular flexibility index (Phi) is 5.07. The van der Waals surface area contributed by atoms with Crippen LogP contribution in [0, 0.1) is 10.8 Å². The molecule has 106 valence electrons. The molecule has 1 saturated heterocycles. The van der Waals surface area contributed by atoms with Gasteiger partial charge in [0.05, 0.1) is 5.41 Å². The molecular formula is C14H27ClN2O. The Morgan fingerprint density at radius 1 is 1.22 bits per heavy atom. The Bertz CT molecular complexity index is 298. The predicted molar refractivity (Wildman–Crippen MR) is 76.8 cm³/mol. The summed E-state index contributed by atoms with van der Waals surface area (Å²) in [5.41, 5.74) is 5.77. The maximum Gasteiger partial charge on any atom is 0.229 e. The molecule has 0 radical (unpaired) electrons. The Morgan fingerprint density at radius 3 is 2.39 bits per heavy atom. The molecule has 18 heavy (non-hydrogen) atoms. The zero-order valence-corrected chi connectivity index (χ0v) is 12.5. The van der Waals surface area contributed by atoms with Crippen molar-refractivity contribution in [3.63, 3.8) is 0 Å². The second-order valence-electron chi connectivity index (χ2n) is 6.63. The van der Waals surface area contributed by atoms with Crippen LogP contribution in [0.25, 0.3) is 0 Å². The molecule has 2 N–H and O–H groups in total. The van der Waals surface area contributed by atoms with E-state index in [9.17, 15) is 4.79 Å². The highest BCUT2D eigenvalue weighted by Gasteiger charge is 2.43. The van der Waals surface area contributed by atoms with E-state index in [-0.39, 0.29) is 23.7 Å². The lowest BCUT2D eigenvalue weighted by Gasteiger charge is -2.34. The van der Waals surface area contributed by atoms with Gasteiger partial charge in [0, 0.05) is 19.6 Å². The van der Waals surface area contributed by atoms with Crippen LogP contribution in [0.15, 0.2) is 0 Å². The van der Waals surface area contributed by atoms with Crippen molar-refractivity contribution < 1.29 is 4.79 Å². The van der Waals surface area contributed by atoms with Crippen LogP contribution in [0.4, 0.5) is 0 Å². The second-order valence-corrected chi connectivity index (χ2v) is 6.63. The van der Waals surface area contributed by atoms with Crippen molar-refractivity contribution >= 4 is 18.3 Å². The zero-order valence-electron chi connectivity index (χ0n) is 11.7. The van der Waals surface area contributed by atoms with Crippen molar-refractivity contribution in [2.75, 3.05) is 19.6 Å². The van der Waals surface area contributed by atoms with Crippen molar-refractivity contribution in [3.8, 4) is 0 Å². The van der Waals surface area contributed by atoms with Gasteiger partial charge in [-0.3, -0.25) is 4.79 Å². The summed E-state index contributed by atoms with van der Waals surface area (Å²) in [7, 11) is 0. The summed E-state index contributed by atoms with van der Waals surface area (Å²) in [6.45, 7) is 6.29. The number of hydrogen-bond acceptors (Lipinski definition) is 2. The number of carbonyl (C=O) groups is 1. The summed E-state index contributed by atoms with van der Waals surface area (Å²) in [6, 6.07) is 0. The summed E-state index contributed by atoms with van der Waals surface area (Å²) < 4.78 is 0. The van der Waals surface area contributed by atoms with Gasteiger partial charge < -0.3 is 10.6 Å². The van der Waals surface area contributed by atoms with Gasteiger partial charge in [-0.25, -0.2) is 0 Å². The minimum Gasteiger partial charge on any atom is -0.342 e. The first-order valence-corrected chi connectivity index (χ1v) is 6.99. The summed E-state index contributed by atoms with van der Waals surface area (Å²) in [5, 5.41) is 0. The molecule has 1 saturated carbocycles.